The molecule has 0 aliphatic heterocycles. The Morgan fingerprint density at radius 1 is 0.762 bits per heavy atom. The average molecular weight is 288 g/mol. The number of carbonyl (C=O) groups excluding carboxylic acids is 2. The second kappa shape index (κ2) is 6.26. The number of ketones is 2. The van der Waals surface area contributed by atoms with Crippen molar-refractivity contribution in [2.75, 3.05) is 21.3 Å². The number of hydrogen-bond acceptors (Lipinski definition) is 5. The topological polar surface area (TPSA) is 61.8 Å². The van der Waals surface area contributed by atoms with Crippen LogP contribution in [0, 0.1) is 0 Å². The van der Waals surface area contributed by atoms with Gasteiger partial charge in [-0.1, -0.05) is 30.3 Å². The van der Waals surface area contributed by atoms with Gasteiger partial charge >= 0.3 is 0 Å². The van der Waals surface area contributed by atoms with E-state index in [9.17, 15) is 9.59 Å². The van der Waals surface area contributed by atoms with E-state index in [1.165, 1.54) is 21.3 Å². The highest BCUT2D eigenvalue weighted by atomic mass is 16.5. The first-order chi connectivity index (χ1) is 10.1. The summed E-state index contributed by atoms with van der Waals surface area (Å²) in [4.78, 5) is 24.8. The van der Waals surface area contributed by atoms with E-state index in [0.29, 0.717) is 6.42 Å². The second-order valence-corrected chi connectivity index (χ2v) is 4.40. The molecule has 1 aliphatic carbocycles. The van der Waals surface area contributed by atoms with E-state index >= 15 is 0 Å². The predicted molar refractivity (Wildman–Crippen MR) is 75.2 cm³/mol. The molecular formula is C16H16O5. The molecule has 0 saturated carbocycles. The number of methoxy groups -OCH3 is 3. The van der Waals surface area contributed by atoms with Crippen LogP contribution in [-0.4, -0.2) is 32.9 Å². The zero-order valence-electron chi connectivity index (χ0n) is 12.1. The fourth-order valence-electron chi connectivity index (χ4n) is 2.23. The summed E-state index contributed by atoms with van der Waals surface area (Å²) in [6, 6.07) is 9.36. The van der Waals surface area contributed by atoms with Crippen molar-refractivity contribution in [2.45, 2.75) is 6.42 Å². The molecule has 21 heavy (non-hydrogen) atoms. The lowest BCUT2D eigenvalue weighted by Gasteiger charge is -2.21. The van der Waals surface area contributed by atoms with Crippen LogP contribution in [0.15, 0.2) is 53.2 Å². The summed E-state index contributed by atoms with van der Waals surface area (Å²) in [6.45, 7) is 0. The molecule has 0 aromatic heterocycles. The van der Waals surface area contributed by atoms with Gasteiger partial charge in [0.2, 0.25) is 17.3 Å². The largest absolute Gasteiger partial charge is 0.492 e. The lowest BCUT2D eigenvalue weighted by Crippen LogP contribution is -2.27. The van der Waals surface area contributed by atoms with Gasteiger partial charge in [-0.15, -0.1) is 0 Å². The Morgan fingerprint density at radius 3 is 1.81 bits per heavy atom. The molecular weight excluding hydrogens is 272 g/mol. The average Bonchev–Trinajstić information content (AvgIpc) is 2.51. The van der Waals surface area contributed by atoms with Crippen molar-refractivity contribution in [1.29, 1.82) is 0 Å². The van der Waals surface area contributed by atoms with Gasteiger partial charge in [0.15, 0.2) is 5.76 Å². The van der Waals surface area contributed by atoms with Gasteiger partial charge in [0.05, 0.1) is 26.9 Å². The van der Waals surface area contributed by atoms with Crippen molar-refractivity contribution < 1.29 is 23.8 Å². The Kier molecular flexibility index (Phi) is 4.42. The molecule has 1 aromatic rings. The van der Waals surface area contributed by atoms with Crippen molar-refractivity contribution >= 4 is 11.6 Å². The van der Waals surface area contributed by atoms with Crippen molar-refractivity contribution in [3.05, 3.63) is 58.7 Å². The highest BCUT2D eigenvalue weighted by Crippen LogP contribution is 2.28. The van der Waals surface area contributed by atoms with Gasteiger partial charge < -0.3 is 14.2 Å². The van der Waals surface area contributed by atoms with Crippen LogP contribution >= 0.6 is 0 Å². The summed E-state index contributed by atoms with van der Waals surface area (Å²) in [5, 5.41) is 0. The molecule has 0 bridgehead atoms. The Balaban J connectivity index is 2.47. The molecule has 110 valence electrons. The van der Waals surface area contributed by atoms with Crippen LogP contribution in [-0.2, 0) is 30.2 Å². The lowest BCUT2D eigenvalue weighted by atomic mass is 9.93. The van der Waals surface area contributed by atoms with Crippen LogP contribution in [0.1, 0.15) is 5.56 Å². The second-order valence-electron chi connectivity index (χ2n) is 4.40. The maximum absolute atomic E-state index is 12.5. The highest BCUT2D eigenvalue weighted by Gasteiger charge is 2.37. The Hall–Kier alpha value is -2.56. The van der Waals surface area contributed by atoms with Crippen LogP contribution in [0.4, 0.5) is 0 Å². The maximum atomic E-state index is 12.5. The summed E-state index contributed by atoms with van der Waals surface area (Å²) in [5.41, 5.74) is 1.17. The molecule has 2 rings (SSSR count). The first-order valence-corrected chi connectivity index (χ1v) is 6.36. The third-order valence-corrected chi connectivity index (χ3v) is 3.21. The van der Waals surface area contributed by atoms with E-state index in [2.05, 4.69) is 0 Å². The van der Waals surface area contributed by atoms with E-state index in [1.54, 1.807) is 0 Å². The van der Waals surface area contributed by atoms with Gasteiger partial charge in [0, 0.05) is 6.42 Å². The monoisotopic (exact) mass is 288 g/mol. The number of carbonyl (C=O) groups is 2. The van der Waals surface area contributed by atoms with Gasteiger partial charge in [-0.05, 0) is 5.56 Å². The fraction of sp³-hybridized carbons (Fsp3) is 0.250. The van der Waals surface area contributed by atoms with Crippen LogP contribution in [0.2, 0.25) is 0 Å². The smallest absolute Gasteiger partial charge is 0.266 e. The summed E-state index contributed by atoms with van der Waals surface area (Å²) >= 11 is 0. The third kappa shape index (κ3) is 2.67. The molecule has 0 atom stereocenters. The van der Waals surface area contributed by atoms with Gasteiger partial charge in [0.25, 0.3) is 5.78 Å². The van der Waals surface area contributed by atoms with Crippen molar-refractivity contribution in [3.63, 3.8) is 0 Å². The standard InChI is InChI=1S/C16H16O5/c1-19-14-11(9-10-7-5-4-6-8-10)12(17)15(20-2)16(21-3)13(14)18/h4-8H,9H2,1-3H3. The molecule has 0 N–H and O–H groups in total. The number of hydrogen-bond donors (Lipinski definition) is 0. The van der Waals surface area contributed by atoms with Crippen molar-refractivity contribution in [3.8, 4) is 0 Å². The molecule has 0 heterocycles. The summed E-state index contributed by atoms with van der Waals surface area (Å²) in [7, 11) is 4.00. The summed E-state index contributed by atoms with van der Waals surface area (Å²) in [5.74, 6) is -1.09. The fourth-order valence-corrected chi connectivity index (χ4v) is 2.23. The quantitative estimate of drug-likeness (QED) is 0.773. The zero-order chi connectivity index (χ0) is 15.4. The third-order valence-electron chi connectivity index (χ3n) is 3.21. The van der Waals surface area contributed by atoms with Gasteiger partial charge in [0.1, 0.15) is 0 Å². The van der Waals surface area contributed by atoms with E-state index in [-0.39, 0.29) is 22.9 Å². The van der Waals surface area contributed by atoms with E-state index in [0.717, 1.165) is 5.56 Å². The van der Waals surface area contributed by atoms with Crippen LogP contribution in [0.5, 0.6) is 0 Å². The first-order valence-electron chi connectivity index (χ1n) is 6.36. The molecule has 5 nitrogen and oxygen atoms in total. The molecule has 0 amide bonds. The molecule has 0 saturated heterocycles. The summed E-state index contributed by atoms with van der Waals surface area (Å²) in [6.07, 6.45) is 0.290. The lowest BCUT2D eigenvalue weighted by molar-refractivity contribution is -0.123. The number of benzene rings is 1. The first kappa shape index (κ1) is 14.8. The predicted octanol–water partition coefficient (Wildman–Crippen LogP) is 1.79. The Labute approximate surface area is 122 Å². The molecule has 0 spiro atoms. The van der Waals surface area contributed by atoms with Crippen LogP contribution < -0.4 is 0 Å². The normalized spacial score (nSPS) is 15.4. The van der Waals surface area contributed by atoms with Gasteiger partial charge in [-0.2, -0.15) is 0 Å². The van der Waals surface area contributed by atoms with Gasteiger partial charge in [-0.3, -0.25) is 9.59 Å². The van der Waals surface area contributed by atoms with E-state index in [4.69, 9.17) is 14.2 Å². The molecule has 0 unspecified atom stereocenters. The molecule has 0 radical (unpaired) electrons. The number of allylic oxidation sites excluding steroid dienone is 1. The SMILES string of the molecule is COC1=C(Cc2ccccc2)C(=O)C(OC)=C(OC)C1=O. The van der Waals surface area contributed by atoms with Crippen molar-refractivity contribution in [2.24, 2.45) is 0 Å². The zero-order valence-corrected chi connectivity index (χ0v) is 12.1. The van der Waals surface area contributed by atoms with Crippen LogP contribution in [0.3, 0.4) is 0 Å². The number of rotatable bonds is 5. The number of Topliss-reactive ketones (excluding diaryl/α,β-unsaturated/α-hetero) is 2. The van der Waals surface area contributed by atoms with E-state index < -0.39 is 11.6 Å². The minimum atomic E-state index is -0.484. The highest BCUT2D eigenvalue weighted by molar-refractivity contribution is 6.22. The number of ether oxygens (including phenoxy) is 3. The Morgan fingerprint density at radius 2 is 1.29 bits per heavy atom. The molecule has 1 aliphatic rings. The van der Waals surface area contributed by atoms with Crippen LogP contribution in [0.25, 0.3) is 0 Å². The van der Waals surface area contributed by atoms with Gasteiger partial charge in [-0.25, -0.2) is 0 Å². The minimum absolute atomic E-state index is 0.00139. The minimum Gasteiger partial charge on any atom is -0.492 e. The molecule has 1 aromatic carbocycles. The maximum Gasteiger partial charge on any atom is 0.266 e. The van der Waals surface area contributed by atoms with Crippen molar-refractivity contribution in [1.82, 2.24) is 0 Å². The molecule has 5 heteroatoms. The Bertz CT molecular complexity index is 625. The molecule has 0 fully saturated rings. The van der Waals surface area contributed by atoms with E-state index in [1.807, 2.05) is 30.3 Å². The summed E-state index contributed by atoms with van der Waals surface area (Å²) < 4.78 is 15.1.